The molecule has 0 saturated heterocycles. The van der Waals surface area contributed by atoms with Crippen molar-refractivity contribution in [1.29, 1.82) is 0 Å². The third-order valence-electron chi connectivity index (χ3n) is 3.67. The lowest BCUT2D eigenvalue weighted by atomic mass is 10.2. The fraction of sp³-hybridized carbons (Fsp3) is 0.118. The summed E-state index contributed by atoms with van der Waals surface area (Å²) < 4.78 is 1.15. The number of aromatic amines is 1. The molecule has 4 rings (SSSR count). The lowest BCUT2D eigenvalue weighted by molar-refractivity contribution is 0.0952. The predicted octanol–water partition coefficient (Wildman–Crippen LogP) is 3.01. The zero-order chi connectivity index (χ0) is 16.4. The number of carbonyl (C=O) groups is 1. The van der Waals surface area contributed by atoms with E-state index in [4.69, 9.17) is 0 Å². The highest BCUT2D eigenvalue weighted by atomic mass is 32.1. The van der Waals surface area contributed by atoms with E-state index in [2.05, 4.69) is 25.8 Å². The van der Waals surface area contributed by atoms with Crippen LogP contribution >= 0.6 is 11.3 Å². The summed E-state index contributed by atoms with van der Waals surface area (Å²) in [7, 11) is 0. The van der Waals surface area contributed by atoms with Gasteiger partial charge in [0.2, 0.25) is 0 Å². The second kappa shape index (κ2) is 6.29. The van der Waals surface area contributed by atoms with Crippen molar-refractivity contribution in [3.63, 3.8) is 0 Å². The average Bonchev–Trinajstić information content (AvgIpc) is 3.22. The predicted molar refractivity (Wildman–Crippen MR) is 96.5 cm³/mol. The smallest absolute Gasteiger partial charge is 0.272 e. The van der Waals surface area contributed by atoms with Crippen LogP contribution in [-0.4, -0.2) is 34.2 Å². The lowest BCUT2D eigenvalue weighted by Crippen LogP contribution is -2.29. The number of carbonyl (C=O) groups excluding carboxylic acids is 1. The van der Waals surface area contributed by atoms with Gasteiger partial charge in [-0.3, -0.25) is 9.89 Å². The van der Waals surface area contributed by atoms with E-state index in [0.29, 0.717) is 18.8 Å². The molecule has 3 N–H and O–H groups in total. The van der Waals surface area contributed by atoms with Crippen molar-refractivity contribution in [3.8, 4) is 0 Å². The van der Waals surface area contributed by atoms with E-state index in [1.54, 1.807) is 11.3 Å². The van der Waals surface area contributed by atoms with Gasteiger partial charge in [0.1, 0.15) is 0 Å². The molecule has 0 aliphatic carbocycles. The average molecular weight is 337 g/mol. The van der Waals surface area contributed by atoms with Crippen molar-refractivity contribution in [2.24, 2.45) is 0 Å². The highest BCUT2D eigenvalue weighted by molar-refractivity contribution is 7.22. The van der Waals surface area contributed by atoms with Gasteiger partial charge in [0.25, 0.3) is 5.91 Å². The maximum atomic E-state index is 12.2. The molecule has 0 bridgehead atoms. The van der Waals surface area contributed by atoms with E-state index in [0.717, 1.165) is 26.3 Å². The molecule has 0 spiro atoms. The van der Waals surface area contributed by atoms with Gasteiger partial charge in [0.15, 0.2) is 10.8 Å². The molecule has 120 valence electrons. The summed E-state index contributed by atoms with van der Waals surface area (Å²) in [6.45, 7) is 1.10. The highest BCUT2D eigenvalue weighted by Crippen LogP contribution is 2.24. The van der Waals surface area contributed by atoms with Gasteiger partial charge < -0.3 is 10.6 Å². The Morgan fingerprint density at radius 3 is 2.83 bits per heavy atom. The van der Waals surface area contributed by atoms with Gasteiger partial charge in [-0.25, -0.2) is 4.98 Å². The molecule has 2 aromatic heterocycles. The van der Waals surface area contributed by atoms with Gasteiger partial charge in [0.05, 0.1) is 15.7 Å². The van der Waals surface area contributed by atoms with Gasteiger partial charge in [-0.15, -0.1) is 0 Å². The standard InChI is InChI=1S/C17H15N5OS/c23-16(15-11-5-1-2-6-12(11)21-22-15)18-9-10-19-17-20-13-7-3-4-8-14(13)24-17/h1-8H,9-10H2,(H,18,23)(H,19,20)(H,21,22). The van der Waals surface area contributed by atoms with Crippen LogP contribution in [0, 0.1) is 0 Å². The second-order valence-corrected chi connectivity index (χ2v) is 6.32. The van der Waals surface area contributed by atoms with Crippen molar-refractivity contribution in [3.05, 3.63) is 54.2 Å². The molecule has 24 heavy (non-hydrogen) atoms. The van der Waals surface area contributed by atoms with Gasteiger partial charge >= 0.3 is 0 Å². The summed E-state index contributed by atoms with van der Waals surface area (Å²) in [6, 6.07) is 15.6. The molecule has 0 unspecified atom stereocenters. The minimum atomic E-state index is -0.182. The van der Waals surface area contributed by atoms with Crippen molar-refractivity contribution in [2.75, 3.05) is 18.4 Å². The fourth-order valence-electron chi connectivity index (χ4n) is 2.51. The monoisotopic (exact) mass is 337 g/mol. The Labute approximate surface area is 141 Å². The van der Waals surface area contributed by atoms with Crippen molar-refractivity contribution in [2.45, 2.75) is 0 Å². The number of nitrogens with one attached hydrogen (secondary N) is 3. The van der Waals surface area contributed by atoms with Crippen LogP contribution in [0.15, 0.2) is 48.5 Å². The summed E-state index contributed by atoms with van der Waals surface area (Å²) in [5, 5.41) is 14.8. The summed E-state index contributed by atoms with van der Waals surface area (Å²) in [5.74, 6) is -0.182. The number of fused-ring (bicyclic) bond motifs is 2. The molecule has 6 nitrogen and oxygen atoms in total. The van der Waals surface area contributed by atoms with Crippen LogP contribution in [0.4, 0.5) is 5.13 Å². The van der Waals surface area contributed by atoms with Crippen LogP contribution in [0.1, 0.15) is 10.5 Å². The number of benzene rings is 2. The van der Waals surface area contributed by atoms with E-state index in [-0.39, 0.29) is 5.91 Å². The van der Waals surface area contributed by atoms with E-state index < -0.39 is 0 Å². The first-order chi connectivity index (χ1) is 11.8. The number of aromatic nitrogens is 3. The van der Waals surface area contributed by atoms with Crippen molar-refractivity contribution in [1.82, 2.24) is 20.5 Å². The number of hydrogen-bond acceptors (Lipinski definition) is 5. The van der Waals surface area contributed by atoms with Crippen LogP contribution in [0.3, 0.4) is 0 Å². The third-order valence-corrected chi connectivity index (χ3v) is 4.66. The Morgan fingerprint density at radius 2 is 1.92 bits per heavy atom. The quantitative estimate of drug-likeness (QED) is 0.489. The summed E-state index contributed by atoms with van der Waals surface area (Å²) in [4.78, 5) is 16.7. The van der Waals surface area contributed by atoms with Gasteiger partial charge in [-0.1, -0.05) is 41.7 Å². The van der Waals surface area contributed by atoms with Gasteiger partial charge in [-0.05, 0) is 18.2 Å². The molecule has 7 heteroatoms. The SMILES string of the molecule is O=C(NCCNc1nc2ccccc2s1)c1n[nH]c2ccccc12. The molecule has 1 amide bonds. The summed E-state index contributed by atoms with van der Waals surface area (Å²) >= 11 is 1.60. The van der Waals surface area contributed by atoms with E-state index in [1.165, 1.54) is 0 Å². The molecule has 0 radical (unpaired) electrons. The molecule has 2 aromatic carbocycles. The molecule has 0 fully saturated rings. The number of anilines is 1. The van der Waals surface area contributed by atoms with Crippen LogP contribution < -0.4 is 10.6 Å². The Hall–Kier alpha value is -2.93. The first-order valence-electron chi connectivity index (χ1n) is 7.62. The third kappa shape index (κ3) is 2.81. The second-order valence-electron chi connectivity index (χ2n) is 5.29. The number of H-pyrrole nitrogens is 1. The zero-order valence-corrected chi connectivity index (χ0v) is 13.6. The number of amides is 1. The van der Waals surface area contributed by atoms with Crippen LogP contribution in [0.5, 0.6) is 0 Å². The minimum Gasteiger partial charge on any atom is -0.360 e. The first-order valence-corrected chi connectivity index (χ1v) is 8.44. The minimum absolute atomic E-state index is 0.182. The number of rotatable bonds is 5. The van der Waals surface area contributed by atoms with E-state index >= 15 is 0 Å². The maximum absolute atomic E-state index is 12.2. The Bertz CT molecular complexity index is 973. The van der Waals surface area contributed by atoms with Gasteiger partial charge in [-0.2, -0.15) is 5.10 Å². The summed E-state index contributed by atoms with van der Waals surface area (Å²) in [6.07, 6.45) is 0. The fourth-order valence-corrected chi connectivity index (χ4v) is 3.40. The van der Waals surface area contributed by atoms with E-state index in [9.17, 15) is 4.79 Å². The number of hydrogen-bond donors (Lipinski definition) is 3. The van der Waals surface area contributed by atoms with E-state index in [1.807, 2.05) is 48.5 Å². The topological polar surface area (TPSA) is 82.7 Å². The van der Waals surface area contributed by atoms with Gasteiger partial charge in [0, 0.05) is 18.5 Å². The summed E-state index contributed by atoms with van der Waals surface area (Å²) in [5.41, 5.74) is 2.26. The Kier molecular flexibility index (Phi) is 3.84. The highest BCUT2D eigenvalue weighted by Gasteiger charge is 2.12. The molecule has 4 aromatic rings. The number of nitrogens with zero attached hydrogens (tertiary/aromatic N) is 2. The number of para-hydroxylation sites is 2. The molecule has 0 atom stereocenters. The van der Waals surface area contributed by atoms with Crippen molar-refractivity contribution < 1.29 is 4.79 Å². The molecular weight excluding hydrogens is 322 g/mol. The first kappa shape index (κ1) is 14.6. The van der Waals surface area contributed by atoms with Crippen LogP contribution in [0.2, 0.25) is 0 Å². The Balaban J connectivity index is 1.34. The molecule has 0 aliphatic heterocycles. The Morgan fingerprint density at radius 1 is 1.08 bits per heavy atom. The lowest BCUT2D eigenvalue weighted by Gasteiger charge is -2.04. The molecule has 0 saturated carbocycles. The maximum Gasteiger partial charge on any atom is 0.272 e. The molecule has 2 heterocycles. The van der Waals surface area contributed by atoms with Crippen LogP contribution in [0.25, 0.3) is 21.1 Å². The number of thiazole rings is 1. The zero-order valence-electron chi connectivity index (χ0n) is 12.7. The van der Waals surface area contributed by atoms with Crippen LogP contribution in [-0.2, 0) is 0 Å². The largest absolute Gasteiger partial charge is 0.360 e. The molecule has 0 aliphatic rings. The van der Waals surface area contributed by atoms with Crippen molar-refractivity contribution >= 4 is 43.5 Å². The molecular formula is C17H15N5OS. The normalized spacial score (nSPS) is 11.0.